The smallest absolute Gasteiger partial charge is 0.251 e. The summed E-state index contributed by atoms with van der Waals surface area (Å²) in [6.07, 6.45) is 1.96. The number of likely N-dealkylation sites (N-methyl/N-ethyl adjacent to an activating group) is 1. The lowest BCUT2D eigenvalue weighted by Crippen LogP contribution is -2.48. The number of hydrogen-bond donors (Lipinski definition) is 2. The predicted octanol–water partition coefficient (Wildman–Crippen LogP) is 0.271. The van der Waals surface area contributed by atoms with Crippen molar-refractivity contribution in [3.63, 3.8) is 0 Å². The Bertz CT molecular complexity index is 507. The highest BCUT2D eigenvalue weighted by Gasteiger charge is 2.32. The lowest BCUT2D eigenvalue weighted by molar-refractivity contribution is -0.146. The minimum atomic E-state index is -0.527. The molecule has 8 heteroatoms. The molecule has 0 radical (unpaired) electrons. The number of nitrogens with two attached hydrogens (primary N) is 1. The highest BCUT2D eigenvalue weighted by atomic mass is 35.5. The molecule has 1 saturated heterocycles. The summed E-state index contributed by atoms with van der Waals surface area (Å²) in [6, 6.07) is -0.527. The molecule has 18 heavy (non-hydrogen) atoms. The third-order valence-corrected chi connectivity index (χ3v) is 3.10. The fraction of sp³-hybridized carbons (Fsp3) is 0.400. The van der Waals surface area contributed by atoms with E-state index < -0.39 is 6.04 Å². The van der Waals surface area contributed by atoms with Crippen LogP contribution in [0.15, 0.2) is 6.33 Å². The van der Waals surface area contributed by atoms with E-state index in [0.29, 0.717) is 18.7 Å². The molecule has 1 fully saturated rings. The lowest BCUT2D eigenvalue weighted by atomic mass is 10.0. The number of hydrogen-bond acceptors (Lipinski definition) is 6. The van der Waals surface area contributed by atoms with E-state index in [1.165, 1.54) is 13.4 Å². The summed E-state index contributed by atoms with van der Waals surface area (Å²) < 4.78 is 0. The van der Waals surface area contributed by atoms with Crippen LogP contribution in [0.5, 0.6) is 0 Å². The summed E-state index contributed by atoms with van der Waals surface area (Å²) >= 11 is 5.75. The molecule has 0 saturated carbocycles. The number of nitrogens with one attached hydrogen (secondary N) is 1. The second-order valence-electron chi connectivity index (χ2n) is 3.95. The molecule has 1 aromatic rings. The Morgan fingerprint density at radius 3 is 2.94 bits per heavy atom. The van der Waals surface area contributed by atoms with Crippen molar-refractivity contribution >= 4 is 34.9 Å². The number of carbonyl (C=O) groups excluding carboxylic acids is 2. The lowest BCUT2D eigenvalue weighted by Gasteiger charge is -2.28. The molecule has 2 rings (SSSR count). The van der Waals surface area contributed by atoms with Gasteiger partial charge in [0, 0.05) is 13.5 Å². The van der Waals surface area contributed by atoms with E-state index in [9.17, 15) is 9.59 Å². The number of likely N-dealkylation sites (tertiary alicyclic amines) is 1. The van der Waals surface area contributed by atoms with Gasteiger partial charge in [0.25, 0.3) is 5.91 Å². The van der Waals surface area contributed by atoms with Crippen LogP contribution in [0, 0.1) is 0 Å². The van der Waals surface area contributed by atoms with E-state index in [2.05, 4.69) is 15.3 Å². The van der Waals surface area contributed by atoms with Crippen LogP contribution in [-0.4, -0.2) is 39.8 Å². The minimum Gasteiger partial charge on any atom is -0.393 e. The van der Waals surface area contributed by atoms with Gasteiger partial charge in [-0.3, -0.25) is 14.5 Å². The zero-order valence-electron chi connectivity index (χ0n) is 9.68. The van der Waals surface area contributed by atoms with Crippen molar-refractivity contribution in [1.29, 1.82) is 0 Å². The summed E-state index contributed by atoms with van der Waals surface area (Å²) in [5, 5.41) is 3.01. The Balaban J connectivity index is 2.17. The van der Waals surface area contributed by atoms with Gasteiger partial charge < -0.3 is 11.1 Å². The SMILES string of the molecule is CN1C(=O)CCC(Nc2ncnc(Cl)c2N)C1=O. The average molecular weight is 270 g/mol. The quantitative estimate of drug-likeness (QED) is 0.590. The average Bonchev–Trinajstić information content (AvgIpc) is 2.35. The molecule has 7 nitrogen and oxygen atoms in total. The van der Waals surface area contributed by atoms with Crippen LogP contribution in [-0.2, 0) is 9.59 Å². The Morgan fingerprint density at radius 1 is 1.50 bits per heavy atom. The fourth-order valence-corrected chi connectivity index (χ4v) is 1.84. The monoisotopic (exact) mass is 269 g/mol. The van der Waals surface area contributed by atoms with Crippen LogP contribution >= 0.6 is 11.6 Å². The van der Waals surface area contributed by atoms with Crippen molar-refractivity contribution in [2.45, 2.75) is 18.9 Å². The van der Waals surface area contributed by atoms with Crippen LogP contribution in [0.1, 0.15) is 12.8 Å². The van der Waals surface area contributed by atoms with E-state index in [1.807, 2.05) is 0 Å². The predicted molar refractivity (Wildman–Crippen MR) is 65.9 cm³/mol. The molecule has 1 unspecified atom stereocenters. The molecule has 96 valence electrons. The number of nitrogens with zero attached hydrogens (tertiary/aromatic N) is 3. The number of aromatic nitrogens is 2. The second kappa shape index (κ2) is 4.77. The third kappa shape index (κ3) is 2.21. The van der Waals surface area contributed by atoms with E-state index in [-0.39, 0.29) is 22.7 Å². The molecule has 1 aliphatic rings. The number of anilines is 2. The zero-order valence-corrected chi connectivity index (χ0v) is 10.4. The standard InChI is InChI=1S/C10H12ClN5O2/c1-16-6(17)3-2-5(10(16)18)15-9-7(12)8(11)13-4-14-9/h4-5H,2-3,12H2,1H3,(H,13,14,15). The molecule has 2 heterocycles. The number of piperidine rings is 1. The van der Waals surface area contributed by atoms with Crippen LogP contribution in [0.4, 0.5) is 11.5 Å². The summed E-state index contributed by atoms with van der Waals surface area (Å²) in [5.41, 5.74) is 5.88. The fourth-order valence-electron chi connectivity index (χ4n) is 1.70. The van der Waals surface area contributed by atoms with Gasteiger partial charge in [0.15, 0.2) is 11.0 Å². The topological polar surface area (TPSA) is 101 Å². The van der Waals surface area contributed by atoms with Crippen LogP contribution < -0.4 is 11.1 Å². The van der Waals surface area contributed by atoms with Gasteiger partial charge in [-0.05, 0) is 6.42 Å². The normalized spacial score (nSPS) is 20.1. The van der Waals surface area contributed by atoms with Gasteiger partial charge in [0.1, 0.15) is 18.1 Å². The molecular weight excluding hydrogens is 258 g/mol. The van der Waals surface area contributed by atoms with Crippen molar-refractivity contribution in [2.75, 3.05) is 18.1 Å². The number of carbonyl (C=O) groups is 2. The van der Waals surface area contributed by atoms with Crippen molar-refractivity contribution in [3.05, 3.63) is 11.5 Å². The maximum atomic E-state index is 11.9. The van der Waals surface area contributed by atoms with Crippen molar-refractivity contribution < 1.29 is 9.59 Å². The largest absolute Gasteiger partial charge is 0.393 e. The van der Waals surface area contributed by atoms with Crippen LogP contribution in [0.3, 0.4) is 0 Å². The van der Waals surface area contributed by atoms with Crippen molar-refractivity contribution in [2.24, 2.45) is 0 Å². The van der Waals surface area contributed by atoms with Crippen LogP contribution in [0.25, 0.3) is 0 Å². The van der Waals surface area contributed by atoms with E-state index >= 15 is 0 Å². The Morgan fingerprint density at radius 2 is 2.22 bits per heavy atom. The first-order chi connectivity index (χ1) is 8.50. The number of rotatable bonds is 2. The molecule has 3 N–H and O–H groups in total. The Labute approximate surface area is 108 Å². The van der Waals surface area contributed by atoms with Gasteiger partial charge in [0.05, 0.1) is 0 Å². The van der Waals surface area contributed by atoms with Gasteiger partial charge in [-0.2, -0.15) is 0 Å². The summed E-state index contributed by atoms with van der Waals surface area (Å²) in [5.74, 6) is -0.191. The molecule has 0 aromatic carbocycles. The van der Waals surface area contributed by atoms with Gasteiger partial charge in [-0.15, -0.1) is 0 Å². The molecule has 0 bridgehead atoms. The highest BCUT2D eigenvalue weighted by Crippen LogP contribution is 2.24. The van der Waals surface area contributed by atoms with Gasteiger partial charge in [-0.25, -0.2) is 9.97 Å². The number of imide groups is 1. The zero-order chi connectivity index (χ0) is 13.3. The highest BCUT2D eigenvalue weighted by molar-refractivity contribution is 6.32. The molecule has 1 aromatic heterocycles. The maximum absolute atomic E-state index is 11.9. The first kappa shape index (κ1) is 12.6. The minimum absolute atomic E-state index is 0.125. The first-order valence-corrected chi connectivity index (χ1v) is 5.71. The van der Waals surface area contributed by atoms with E-state index in [0.717, 1.165) is 4.90 Å². The first-order valence-electron chi connectivity index (χ1n) is 5.33. The number of amides is 2. The summed E-state index contributed by atoms with van der Waals surface area (Å²) in [4.78, 5) is 31.9. The summed E-state index contributed by atoms with van der Waals surface area (Å²) in [6.45, 7) is 0. The molecule has 1 atom stereocenters. The van der Waals surface area contributed by atoms with Crippen molar-refractivity contribution in [1.82, 2.24) is 14.9 Å². The van der Waals surface area contributed by atoms with Crippen LogP contribution in [0.2, 0.25) is 5.15 Å². The Hall–Kier alpha value is -1.89. The second-order valence-corrected chi connectivity index (χ2v) is 4.31. The molecule has 1 aliphatic heterocycles. The maximum Gasteiger partial charge on any atom is 0.251 e. The van der Waals surface area contributed by atoms with E-state index in [4.69, 9.17) is 17.3 Å². The van der Waals surface area contributed by atoms with E-state index in [1.54, 1.807) is 0 Å². The van der Waals surface area contributed by atoms with Gasteiger partial charge in [0.2, 0.25) is 5.91 Å². The number of nitrogen functional groups attached to an aromatic ring is 1. The van der Waals surface area contributed by atoms with Gasteiger partial charge >= 0.3 is 0 Å². The van der Waals surface area contributed by atoms with Crippen molar-refractivity contribution in [3.8, 4) is 0 Å². The molecule has 0 spiro atoms. The summed E-state index contributed by atoms with van der Waals surface area (Å²) in [7, 11) is 1.45. The molecular formula is C10H12ClN5O2. The molecule has 2 amide bonds. The number of halogens is 1. The van der Waals surface area contributed by atoms with Gasteiger partial charge in [-0.1, -0.05) is 11.6 Å². The third-order valence-electron chi connectivity index (χ3n) is 2.80. The molecule has 0 aliphatic carbocycles. The Kier molecular flexibility index (Phi) is 3.33.